The highest BCUT2D eigenvalue weighted by Gasteiger charge is 2.30. The number of hydrogen-bond donors (Lipinski definition) is 3. The fourth-order valence-corrected chi connectivity index (χ4v) is 3.11. The first-order valence-electron chi connectivity index (χ1n) is 9.24. The largest absolute Gasteiger partial charge is 0.444 e. The van der Waals surface area contributed by atoms with E-state index in [2.05, 4.69) is 16.0 Å². The molecule has 1 heterocycles. The van der Waals surface area contributed by atoms with Crippen molar-refractivity contribution >= 4 is 35.2 Å². The summed E-state index contributed by atoms with van der Waals surface area (Å²) in [7, 11) is 0. The summed E-state index contributed by atoms with van der Waals surface area (Å²) in [6.45, 7) is 8.75. The minimum atomic E-state index is -0.829. The molecular weight excluding hydrogens is 382 g/mol. The normalized spacial score (nSPS) is 17.1. The average Bonchev–Trinajstić information content (AvgIpc) is 2.63. The highest BCUT2D eigenvalue weighted by molar-refractivity contribution is 6.31. The number of anilines is 1. The van der Waals surface area contributed by atoms with Gasteiger partial charge in [-0.1, -0.05) is 17.7 Å². The fourth-order valence-electron chi connectivity index (χ4n) is 2.94. The Morgan fingerprint density at radius 3 is 2.57 bits per heavy atom. The molecule has 1 aliphatic heterocycles. The van der Waals surface area contributed by atoms with Crippen molar-refractivity contribution in [2.45, 2.75) is 71.1 Å². The van der Waals surface area contributed by atoms with E-state index in [4.69, 9.17) is 16.3 Å². The summed E-state index contributed by atoms with van der Waals surface area (Å²) < 4.78 is 5.23. The Balaban J connectivity index is 1.93. The number of ether oxygens (including phenoxy) is 1. The number of amides is 3. The van der Waals surface area contributed by atoms with Crippen molar-refractivity contribution in [2.24, 2.45) is 0 Å². The highest BCUT2D eigenvalue weighted by Crippen LogP contribution is 2.25. The quantitative estimate of drug-likeness (QED) is 0.709. The van der Waals surface area contributed by atoms with Crippen LogP contribution in [0.15, 0.2) is 18.2 Å². The molecule has 8 heteroatoms. The van der Waals surface area contributed by atoms with Crippen LogP contribution in [0.2, 0.25) is 5.02 Å². The SMILES string of the molecule is CC(C)(CC(=O)NC1CCc2ccc(Cl)cc2NC1=O)NC(=O)OC(C)(C)C. The minimum Gasteiger partial charge on any atom is -0.444 e. The standard InChI is InChI=1S/C20H28ClN3O4/c1-19(2,3)28-18(27)24-20(4,5)11-16(25)22-14-9-7-12-6-8-13(21)10-15(12)23-17(14)26/h6,8,10,14H,7,9,11H2,1-5H3,(H,22,25)(H,23,26)(H,24,27). The first-order valence-corrected chi connectivity index (χ1v) is 9.62. The second-order valence-corrected chi connectivity index (χ2v) is 9.07. The van der Waals surface area contributed by atoms with Crippen molar-refractivity contribution in [3.05, 3.63) is 28.8 Å². The second kappa shape index (κ2) is 8.39. The summed E-state index contributed by atoms with van der Waals surface area (Å²) in [4.78, 5) is 36.9. The lowest BCUT2D eigenvalue weighted by molar-refractivity contribution is -0.127. The number of carbonyl (C=O) groups excluding carboxylic acids is 3. The molecule has 1 aliphatic rings. The number of benzene rings is 1. The van der Waals surface area contributed by atoms with Gasteiger partial charge in [0, 0.05) is 22.7 Å². The van der Waals surface area contributed by atoms with Crippen molar-refractivity contribution in [1.82, 2.24) is 10.6 Å². The van der Waals surface area contributed by atoms with Gasteiger partial charge in [-0.25, -0.2) is 4.79 Å². The Bertz CT molecular complexity index is 771. The Kier molecular flexibility index (Phi) is 6.59. The van der Waals surface area contributed by atoms with Gasteiger partial charge in [0.1, 0.15) is 11.6 Å². The lowest BCUT2D eigenvalue weighted by atomic mass is 9.99. The number of carbonyl (C=O) groups is 3. The Labute approximate surface area is 170 Å². The van der Waals surface area contributed by atoms with Crippen molar-refractivity contribution < 1.29 is 19.1 Å². The summed E-state index contributed by atoms with van der Waals surface area (Å²) in [5.74, 6) is -0.613. The van der Waals surface area contributed by atoms with Crippen LogP contribution in [0.3, 0.4) is 0 Å². The number of halogens is 1. The summed E-state index contributed by atoms with van der Waals surface area (Å²) in [5, 5.41) is 8.80. The van der Waals surface area contributed by atoms with Gasteiger partial charge < -0.3 is 20.7 Å². The molecule has 0 aromatic heterocycles. The summed E-state index contributed by atoms with van der Waals surface area (Å²) in [6.07, 6.45) is 0.529. The van der Waals surface area contributed by atoms with Gasteiger partial charge in [0.15, 0.2) is 0 Å². The van der Waals surface area contributed by atoms with E-state index >= 15 is 0 Å². The molecule has 3 N–H and O–H groups in total. The van der Waals surface area contributed by atoms with Crippen molar-refractivity contribution in [3.63, 3.8) is 0 Å². The molecule has 154 valence electrons. The van der Waals surface area contributed by atoms with Crippen molar-refractivity contribution in [2.75, 3.05) is 5.32 Å². The van der Waals surface area contributed by atoms with Gasteiger partial charge in [0.25, 0.3) is 0 Å². The van der Waals surface area contributed by atoms with E-state index in [1.807, 2.05) is 6.07 Å². The lowest BCUT2D eigenvalue weighted by Gasteiger charge is -2.28. The summed E-state index contributed by atoms with van der Waals surface area (Å²) >= 11 is 5.99. The molecule has 1 aromatic carbocycles. The topological polar surface area (TPSA) is 96.5 Å². The van der Waals surface area contributed by atoms with Crippen LogP contribution < -0.4 is 16.0 Å². The molecular formula is C20H28ClN3O4. The average molecular weight is 410 g/mol. The molecule has 0 fully saturated rings. The molecule has 1 atom stereocenters. The van der Waals surface area contributed by atoms with Crippen LogP contribution in [0.25, 0.3) is 0 Å². The highest BCUT2D eigenvalue weighted by atomic mass is 35.5. The molecule has 0 saturated heterocycles. The number of nitrogens with one attached hydrogen (secondary N) is 3. The van der Waals surface area contributed by atoms with Crippen LogP contribution in [0.1, 0.15) is 53.0 Å². The van der Waals surface area contributed by atoms with Crippen LogP contribution in [0.5, 0.6) is 0 Å². The zero-order valence-electron chi connectivity index (χ0n) is 16.9. The third-order valence-corrected chi connectivity index (χ3v) is 4.36. The zero-order chi connectivity index (χ0) is 21.1. The maximum atomic E-state index is 12.5. The first kappa shape index (κ1) is 22.0. The number of rotatable bonds is 4. The summed E-state index contributed by atoms with van der Waals surface area (Å²) in [6, 6.07) is 4.69. The van der Waals surface area contributed by atoms with Crippen LogP contribution in [-0.4, -0.2) is 35.1 Å². The smallest absolute Gasteiger partial charge is 0.408 e. The van der Waals surface area contributed by atoms with Crippen LogP contribution in [0, 0.1) is 0 Å². The molecule has 1 aromatic rings. The molecule has 0 spiro atoms. The van der Waals surface area contributed by atoms with Gasteiger partial charge in [-0.3, -0.25) is 9.59 Å². The molecule has 0 bridgehead atoms. The van der Waals surface area contributed by atoms with Gasteiger partial charge in [-0.05, 0) is 65.2 Å². The van der Waals surface area contributed by atoms with E-state index < -0.39 is 23.3 Å². The van der Waals surface area contributed by atoms with Gasteiger partial charge in [0.05, 0.1) is 0 Å². The van der Waals surface area contributed by atoms with E-state index in [1.165, 1.54) is 0 Å². The molecule has 1 unspecified atom stereocenters. The molecule has 3 amide bonds. The molecule has 2 rings (SSSR count). The molecule has 28 heavy (non-hydrogen) atoms. The van der Waals surface area contributed by atoms with Crippen molar-refractivity contribution in [1.29, 1.82) is 0 Å². The molecule has 0 radical (unpaired) electrons. The fraction of sp³-hybridized carbons (Fsp3) is 0.550. The van der Waals surface area contributed by atoms with Crippen LogP contribution in [-0.2, 0) is 20.7 Å². The number of alkyl carbamates (subject to hydrolysis) is 1. The molecule has 0 saturated carbocycles. The minimum absolute atomic E-state index is 0.00873. The predicted molar refractivity (Wildman–Crippen MR) is 108 cm³/mol. The lowest BCUT2D eigenvalue weighted by Crippen LogP contribution is -2.51. The van der Waals surface area contributed by atoms with Gasteiger partial charge in [-0.15, -0.1) is 0 Å². The van der Waals surface area contributed by atoms with Gasteiger partial charge >= 0.3 is 6.09 Å². The molecule has 0 aliphatic carbocycles. The maximum Gasteiger partial charge on any atom is 0.408 e. The van der Waals surface area contributed by atoms with Crippen LogP contribution >= 0.6 is 11.6 Å². The zero-order valence-corrected chi connectivity index (χ0v) is 17.7. The number of hydrogen-bond acceptors (Lipinski definition) is 4. The van der Waals surface area contributed by atoms with E-state index in [0.717, 1.165) is 5.56 Å². The predicted octanol–water partition coefficient (Wildman–Crippen LogP) is 3.40. The first-order chi connectivity index (χ1) is 12.8. The van der Waals surface area contributed by atoms with E-state index in [1.54, 1.807) is 46.8 Å². The maximum absolute atomic E-state index is 12.5. The van der Waals surface area contributed by atoms with E-state index in [0.29, 0.717) is 23.6 Å². The Morgan fingerprint density at radius 2 is 1.93 bits per heavy atom. The van der Waals surface area contributed by atoms with E-state index in [9.17, 15) is 14.4 Å². The van der Waals surface area contributed by atoms with Crippen LogP contribution in [0.4, 0.5) is 10.5 Å². The van der Waals surface area contributed by atoms with E-state index in [-0.39, 0.29) is 18.2 Å². The third kappa shape index (κ3) is 6.71. The molecule has 7 nitrogen and oxygen atoms in total. The number of aryl methyl sites for hydroxylation is 1. The van der Waals surface area contributed by atoms with Gasteiger partial charge in [0.2, 0.25) is 11.8 Å². The van der Waals surface area contributed by atoms with Crippen molar-refractivity contribution in [3.8, 4) is 0 Å². The number of fused-ring (bicyclic) bond motifs is 1. The Morgan fingerprint density at radius 1 is 1.25 bits per heavy atom. The summed E-state index contributed by atoms with van der Waals surface area (Å²) in [5.41, 5.74) is 0.186. The Hall–Kier alpha value is -2.28. The van der Waals surface area contributed by atoms with Gasteiger partial charge in [-0.2, -0.15) is 0 Å². The third-order valence-electron chi connectivity index (χ3n) is 4.13. The monoisotopic (exact) mass is 409 g/mol. The second-order valence-electron chi connectivity index (χ2n) is 8.64.